The van der Waals surface area contributed by atoms with E-state index in [-0.39, 0.29) is 5.12 Å². The summed E-state index contributed by atoms with van der Waals surface area (Å²) < 4.78 is 0. The molecule has 0 saturated heterocycles. The van der Waals surface area contributed by atoms with Crippen molar-refractivity contribution < 1.29 is 4.79 Å². The molecule has 0 spiro atoms. The molecular formula is C11H14OS. The molecule has 0 fully saturated rings. The van der Waals surface area contributed by atoms with Crippen molar-refractivity contribution >= 4 is 16.9 Å². The summed E-state index contributed by atoms with van der Waals surface area (Å²) in [4.78, 5) is 11.1. The quantitative estimate of drug-likeness (QED) is 0.736. The molecule has 1 nitrogen and oxygen atoms in total. The van der Waals surface area contributed by atoms with Crippen LogP contribution in [-0.4, -0.2) is 11.4 Å². The fourth-order valence-corrected chi connectivity index (χ4v) is 1.51. The first-order valence-electron chi connectivity index (χ1n) is 4.41. The Morgan fingerprint density at radius 2 is 2.08 bits per heavy atom. The van der Waals surface area contributed by atoms with Crippen molar-refractivity contribution in [2.75, 3.05) is 6.26 Å². The van der Waals surface area contributed by atoms with Crippen molar-refractivity contribution in [1.82, 2.24) is 0 Å². The van der Waals surface area contributed by atoms with Crippen molar-refractivity contribution in [3.8, 4) is 0 Å². The molecular weight excluding hydrogens is 180 g/mol. The summed E-state index contributed by atoms with van der Waals surface area (Å²) in [5.74, 6) is 0. The molecule has 0 unspecified atom stereocenters. The van der Waals surface area contributed by atoms with E-state index in [0.29, 0.717) is 6.42 Å². The highest BCUT2D eigenvalue weighted by Crippen LogP contribution is 2.09. The van der Waals surface area contributed by atoms with E-state index >= 15 is 0 Å². The van der Waals surface area contributed by atoms with E-state index in [1.54, 1.807) is 0 Å². The largest absolute Gasteiger partial charge is 0.287 e. The van der Waals surface area contributed by atoms with Gasteiger partial charge in [0, 0.05) is 6.42 Å². The summed E-state index contributed by atoms with van der Waals surface area (Å²) in [5, 5.41) is 0.230. The molecule has 0 aliphatic carbocycles. The second-order valence-electron chi connectivity index (χ2n) is 2.93. The number of carbonyl (C=O) groups is 1. The molecule has 0 aromatic heterocycles. The van der Waals surface area contributed by atoms with Gasteiger partial charge >= 0.3 is 0 Å². The highest BCUT2D eigenvalue weighted by Gasteiger charge is 2.01. The Balaban J connectivity index is 2.71. The normalized spacial score (nSPS) is 10.0. The standard InChI is InChI=1S/C11H14OS/c1-3-9-5-4-6-10(7-9)8-11(12)13-2/h4-7H,3,8H2,1-2H3. The zero-order valence-electron chi connectivity index (χ0n) is 8.04. The molecule has 70 valence electrons. The van der Waals surface area contributed by atoms with Crippen LogP contribution in [0, 0.1) is 0 Å². The Morgan fingerprint density at radius 3 is 2.69 bits per heavy atom. The van der Waals surface area contributed by atoms with Crippen molar-refractivity contribution in [2.24, 2.45) is 0 Å². The molecule has 1 aromatic rings. The zero-order chi connectivity index (χ0) is 9.68. The van der Waals surface area contributed by atoms with Crippen LogP contribution in [0.25, 0.3) is 0 Å². The average Bonchev–Trinajstić information content (AvgIpc) is 2.18. The maximum absolute atomic E-state index is 11.1. The Labute approximate surface area is 83.5 Å². The Kier molecular flexibility index (Phi) is 4.03. The van der Waals surface area contributed by atoms with Gasteiger partial charge in [-0.1, -0.05) is 43.0 Å². The number of aryl methyl sites for hydroxylation is 1. The van der Waals surface area contributed by atoms with Gasteiger partial charge in [0.2, 0.25) is 0 Å². The van der Waals surface area contributed by atoms with E-state index in [2.05, 4.69) is 19.1 Å². The van der Waals surface area contributed by atoms with E-state index in [9.17, 15) is 4.79 Å². The maximum atomic E-state index is 11.1. The van der Waals surface area contributed by atoms with Gasteiger partial charge in [-0.2, -0.15) is 0 Å². The Hall–Kier alpha value is -0.760. The van der Waals surface area contributed by atoms with Crippen molar-refractivity contribution in [2.45, 2.75) is 19.8 Å². The van der Waals surface area contributed by atoms with Gasteiger partial charge in [0.1, 0.15) is 0 Å². The summed E-state index contributed by atoms with van der Waals surface area (Å²) in [5.41, 5.74) is 2.42. The van der Waals surface area contributed by atoms with Crippen LogP contribution >= 0.6 is 11.8 Å². The van der Waals surface area contributed by atoms with E-state index in [0.717, 1.165) is 12.0 Å². The maximum Gasteiger partial charge on any atom is 0.193 e. The van der Waals surface area contributed by atoms with Gasteiger partial charge in [0.15, 0.2) is 5.12 Å². The second-order valence-corrected chi connectivity index (χ2v) is 3.79. The molecule has 0 N–H and O–H groups in total. The molecule has 0 aliphatic heterocycles. The summed E-state index contributed by atoms with van der Waals surface area (Å²) in [6.45, 7) is 2.12. The monoisotopic (exact) mass is 194 g/mol. The van der Waals surface area contributed by atoms with Crippen molar-refractivity contribution in [1.29, 1.82) is 0 Å². The number of carbonyl (C=O) groups excluding carboxylic acids is 1. The van der Waals surface area contributed by atoms with Crippen LogP contribution in [0.3, 0.4) is 0 Å². The lowest BCUT2D eigenvalue weighted by Gasteiger charge is -2.01. The van der Waals surface area contributed by atoms with Crippen molar-refractivity contribution in [3.63, 3.8) is 0 Å². The lowest BCUT2D eigenvalue weighted by molar-refractivity contribution is -0.110. The molecule has 0 saturated carbocycles. The predicted octanol–water partition coefficient (Wildman–Crippen LogP) is 2.68. The highest BCUT2D eigenvalue weighted by atomic mass is 32.2. The molecule has 1 aromatic carbocycles. The van der Waals surface area contributed by atoms with Gasteiger partial charge in [-0.05, 0) is 23.8 Å². The van der Waals surface area contributed by atoms with Crippen LogP contribution in [-0.2, 0) is 17.6 Å². The lowest BCUT2D eigenvalue weighted by atomic mass is 10.1. The van der Waals surface area contributed by atoms with E-state index in [4.69, 9.17) is 0 Å². The van der Waals surface area contributed by atoms with E-state index in [1.807, 2.05) is 18.4 Å². The molecule has 0 aliphatic rings. The molecule has 2 heteroatoms. The van der Waals surface area contributed by atoms with Gasteiger partial charge < -0.3 is 0 Å². The topological polar surface area (TPSA) is 17.1 Å². The molecule has 0 atom stereocenters. The third-order valence-corrected chi connectivity index (χ3v) is 2.58. The molecule has 0 amide bonds. The second kappa shape index (κ2) is 5.07. The van der Waals surface area contributed by atoms with Gasteiger partial charge in [-0.25, -0.2) is 0 Å². The van der Waals surface area contributed by atoms with E-state index < -0.39 is 0 Å². The minimum Gasteiger partial charge on any atom is -0.287 e. The molecule has 0 radical (unpaired) electrons. The Morgan fingerprint density at radius 1 is 1.38 bits per heavy atom. The predicted molar refractivity (Wildman–Crippen MR) is 58.0 cm³/mol. The average molecular weight is 194 g/mol. The van der Waals surface area contributed by atoms with Gasteiger partial charge in [0.05, 0.1) is 0 Å². The fraction of sp³-hybridized carbons (Fsp3) is 0.364. The summed E-state index contributed by atoms with van der Waals surface area (Å²) in [6.07, 6.45) is 3.41. The number of benzene rings is 1. The zero-order valence-corrected chi connectivity index (χ0v) is 8.86. The first-order valence-corrected chi connectivity index (χ1v) is 5.63. The van der Waals surface area contributed by atoms with Crippen LogP contribution in [0.4, 0.5) is 0 Å². The molecule has 1 rings (SSSR count). The minimum absolute atomic E-state index is 0.230. The number of hydrogen-bond acceptors (Lipinski definition) is 2. The van der Waals surface area contributed by atoms with Gasteiger partial charge in [-0.3, -0.25) is 4.79 Å². The first kappa shape index (κ1) is 10.3. The molecule has 0 bridgehead atoms. The number of rotatable bonds is 3. The molecule has 13 heavy (non-hydrogen) atoms. The highest BCUT2D eigenvalue weighted by molar-refractivity contribution is 8.13. The van der Waals surface area contributed by atoms with Crippen LogP contribution in [0.1, 0.15) is 18.1 Å². The van der Waals surface area contributed by atoms with Crippen molar-refractivity contribution in [3.05, 3.63) is 35.4 Å². The minimum atomic E-state index is 0.230. The Bertz CT molecular complexity index is 294. The van der Waals surface area contributed by atoms with E-state index in [1.165, 1.54) is 17.3 Å². The van der Waals surface area contributed by atoms with Crippen LogP contribution < -0.4 is 0 Å². The first-order chi connectivity index (χ1) is 6.26. The van der Waals surface area contributed by atoms with Gasteiger partial charge in [0.25, 0.3) is 0 Å². The van der Waals surface area contributed by atoms with Crippen LogP contribution in [0.5, 0.6) is 0 Å². The third kappa shape index (κ3) is 3.23. The number of thioether (sulfide) groups is 1. The van der Waals surface area contributed by atoms with Crippen LogP contribution in [0.15, 0.2) is 24.3 Å². The summed E-state index contributed by atoms with van der Waals surface area (Å²) in [7, 11) is 0. The number of hydrogen-bond donors (Lipinski definition) is 0. The van der Waals surface area contributed by atoms with Gasteiger partial charge in [-0.15, -0.1) is 0 Å². The smallest absolute Gasteiger partial charge is 0.193 e. The lowest BCUT2D eigenvalue weighted by Crippen LogP contribution is -1.96. The molecule has 0 heterocycles. The SMILES string of the molecule is CCc1cccc(CC(=O)SC)c1. The fourth-order valence-electron chi connectivity index (χ4n) is 1.20. The summed E-state index contributed by atoms with van der Waals surface area (Å²) >= 11 is 1.29. The van der Waals surface area contributed by atoms with Crippen LogP contribution in [0.2, 0.25) is 0 Å². The third-order valence-electron chi connectivity index (χ3n) is 1.98. The summed E-state index contributed by atoms with van der Waals surface area (Å²) in [6, 6.07) is 8.22.